The molecular weight excluding hydrogens is 419 g/mol. The molecule has 1 aliphatic rings. The maximum Gasteiger partial charge on any atom is 0.393 e. The maximum atomic E-state index is 13.1. The Bertz CT molecular complexity index is 938. The minimum atomic E-state index is -4.28. The van der Waals surface area contributed by atoms with Gasteiger partial charge in [-0.3, -0.25) is 14.9 Å². The van der Waals surface area contributed by atoms with Gasteiger partial charge < -0.3 is 10.6 Å². The zero-order valence-electron chi connectivity index (χ0n) is 18.3. The van der Waals surface area contributed by atoms with Gasteiger partial charge in [0.25, 0.3) is 0 Å². The summed E-state index contributed by atoms with van der Waals surface area (Å²) in [6.07, 6.45) is -5.76. The van der Waals surface area contributed by atoms with Crippen molar-refractivity contribution in [2.24, 2.45) is 5.41 Å². The Hall–Kier alpha value is -2.87. The molecule has 8 heteroatoms. The predicted molar refractivity (Wildman–Crippen MR) is 115 cm³/mol. The van der Waals surface area contributed by atoms with Gasteiger partial charge in [0.2, 0.25) is 11.8 Å². The summed E-state index contributed by atoms with van der Waals surface area (Å²) < 4.78 is 38.0. The molecule has 0 saturated carbocycles. The molecule has 1 aliphatic heterocycles. The van der Waals surface area contributed by atoms with Crippen LogP contribution in [0.1, 0.15) is 56.1 Å². The Kier molecular flexibility index (Phi) is 6.93. The van der Waals surface area contributed by atoms with Crippen LogP contribution in [0.4, 0.5) is 13.2 Å². The van der Waals surface area contributed by atoms with E-state index >= 15 is 0 Å². The van der Waals surface area contributed by atoms with Gasteiger partial charge in [-0.25, -0.2) is 0 Å². The predicted octanol–water partition coefficient (Wildman–Crippen LogP) is 4.17. The van der Waals surface area contributed by atoms with Gasteiger partial charge in [0.1, 0.15) is 6.17 Å². The van der Waals surface area contributed by atoms with E-state index in [-0.39, 0.29) is 23.8 Å². The fourth-order valence-corrected chi connectivity index (χ4v) is 3.80. The van der Waals surface area contributed by atoms with E-state index in [2.05, 4.69) is 16.0 Å². The maximum absolute atomic E-state index is 13.1. The highest BCUT2D eigenvalue weighted by Crippen LogP contribution is 2.34. The zero-order chi connectivity index (χ0) is 23.5. The molecule has 172 valence electrons. The molecule has 2 unspecified atom stereocenters. The topological polar surface area (TPSA) is 70.2 Å². The number of alkyl halides is 3. The Labute approximate surface area is 185 Å². The van der Waals surface area contributed by atoms with E-state index in [1.807, 2.05) is 51.1 Å². The molecule has 1 heterocycles. The molecule has 0 radical (unpaired) electrons. The first-order chi connectivity index (χ1) is 14.9. The molecule has 1 fully saturated rings. The largest absolute Gasteiger partial charge is 0.393 e. The molecule has 2 amide bonds. The van der Waals surface area contributed by atoms with Crippen LogP contribution < -0.4 is 16.0 Å². The summed E-state index contributed by atoms with van der Waals surface area (Å²) >= 11 is 0. The number of benzene rings is 2. The Morgan fingerprint density at radius 1 is 1.06 bits per heavy atom. The highest BCUT2D eigenvalue weighted by Gasteiger charge is 2.35. The van der Waals surface area contributed by atoms with Gasteiger partial charge in [0, 0.05) is 0 Å². The molecule has 5 nitrogen and oxygen atoms in total. The fourth-order valence-electron chi connectivity index (χ4n) is 3.80. The standard InChI is InChI=1S/C24H28F3N3O2/c1-23(2,3)20(16-11-9-15(10-12-16)14-24(25,26)27)30-22(32)18-13-19(31)29-21(28-18)17-7-5-4-6-8-17/h4-12,18,20-21,28H,13-14H2,1-3H3,(H,29,31)(H,30,32)/t18?,20-,21?/m0/s1. The highest BCUT2D eigenvalue weighted by molar-refractivity contribution is 5.90. The van der Waals surface area contributed by atoms with Crippen molar-refractivity contribution in [1.29, 1.82) is 0 Å². The van der Waals surface area contributed by atoms with Crippen molar-refractivity contribution in [3.8, 4) is 0 Å². The minimum absolute atomic E-state index is 0.00342. The van der Waals surface area contributed by atoms with E-state index < -0.39 is 36.3 Å². The molecule has 2 aromatic carbocycles. The second kappa shape index (κ2) is 9.32. The fraction of sp³-hybridized carbons (Fsp3) is 0.417. The molecule has 3 atom stereocenters. The number of carbonyl (C=O) groups excluding carboxylic acids is 2. The van der Waals surface area contributed by atoms with E-state index in [4.69, 9.17) is 0 Å². The summed E-state index contributed by atoms with van der Waals surface area (Å²) in [5.74, 6) is -0.568. The van der Waals surface area contributed by atoms with Gasteiger partial charge in [0.15, 0.2) is 0 Å². The normalized spacial score (nSPS) is 20.4. The van der Waals surface area contributed by atoms with Gasteiger partial charge in [-0.1, -0.05) is 75.4 Å². The molecule has 3 N–H and O–H groups in total. The zero-order valence-corrected chi connectivity index (χ0v) is 18.3. The Balaban J connectivity index is 1.75. The molecule has 0 aliphatic carbocycles. The van der Waals surface area contributed by atoms with E-state index in [0.717, 1.165) is 5.56 Å². The number of hydrogen-bond acceptors (Lipinski definition) is 3. The van der Waals surface area contributed by atoms with Crippen molar-refractivity contribution in [1.82, 2.24) is 16.0 Å². The van der Waals surface area contributed by atoms with Crippen LogP contribution in [0.5, 0.6) is 0 Å². The molecule has 2 aromatic rings. The monoisotopic (exact) mass is 447 g/mol. The molecule has 32 heavy (non-hydrogen) atoms. The van der Waals surface area contributed by atoms with Crippen molar-refractivity contribution in [3.05, 3.63) is 71.3 Å². The molecule has 1 saturated heterocycles. The van der Waals surface area contributed by atoms with Gasteiger partial charge in [-0.15, -0.1) is 0 Å². The number of halogens is 3. The summed E-state index contributed by atoms with van der Waals surface area (Å²) in [5, 5.41) is 9.01. The summed E-state index contributed by atoms with van der Waals surface area (Å²) in [6.45, 7) is 5.82. The first-order valence-electron chi connectivity index (χ1n) is 10.5. The van der Waals surface area contributed by atoms with Gasteiger partial charge in [-0.05, 0) is 22.1 Å². The lowest BCUT2D eigenvalue weighted by atomic mass is 9.81. The van der Waals surface area contributed by atoms with Crippen LogP contribution in [0, 0.1) is 5.41 Å². The van der Waals surface area contributed by atoms with Crippen LogP contribution in [-0.4, -0.2) is 24.0 Å². The minimum Gasteiger partial charge on any atom is -0.347 e. The molecular formula is C24H28F3N3O2. The van der Waals surface area contributed by atoms with E-state index in [0.29, 0.717) is 5.56 Å². The van der Waals surface area contributed by atoms with Gasteiger partial charge in [0.05, 0.1) is 24.9 Å². The van der Waals surface area contributed by atoms with Crippen LogP contribution in [0.15, 0.2) is 54.6 Å². The third-order valence-corrected chi connectivity index (χ3v) is 5.38. The SMILES string of the molecule is CC(C)(C)[C@@H](NC(=O)C1CC(=O)NC(c2ccccc2)N1)c1ccc(CC(F)(F)F)cc1. The van der Waals surface area contributed by atoms with Gasteiger partial charge in [-0.2, -0.15) is 13.2 Å². The average Bonchev–Trinajstić information content (AvgIpc) is 2.71. The number of nitrogens with one attached hydrogen (secondary N) is 3. The number of carbonyl (C=O) groups is 2. The van der Waals surface area contributed by atoms with E-state index in [9.17, 15) is 22.8 Å². The molecule has 0 bridgehead atoms. The van der Waals surface area contributed by atoms with Crippen molar-refractivity contribution < 1.29 is 22.8 Å². The van der Waals surface area contributed by atoms with Crippen LogP contribution in [0.25, 0.3) is 0 Å². The van der Waals surface area contributed by atoms with Gasteiger partial charge >= 0.3 is 6.18 Å². The van der Waals surface area contributed by atoms with Crippen molar-refractivity contribution in [2.75, 3.05) is 0 Å². The average molecular weight is 448 g/mol. The second-order valence-electron chi connectivity index (χ2n) is 9.18. The van der Waals surface area contributed by atoms with Crippen molar-refractivity contribution in [3.63, 3.8) is 0 Å². The van der Waals surface area contributed by atoms with Crippen molar-refractivity contribution in [2.45, 2.75) is 58.0 Å². The third-order valence-electron chi connectivity index (χ3n) is 5.38. The lowest BCUT2D eigenvalue weighted by molar-refractivity contribution is -0.132. The number of hydrogen-bond donors (Lipinski definition) is 3. The molecule has 3 rings (SSSR count). The Morgan fingerprint density at radius 2 is 1.69 bits per heavy atom. The number of amides is 2. The lowest BCUT2D eigenvalue weighted by Crippen LogP contribution is -2.57. The summed E-state index contributed by atoms with van der Waals surface area (Å²) in [5.41, 5.74) is 1.30. The van der Waals surface area contributed by atoms with Crippen LogP contribution in [0.3, 0.4) is 0 Å². The number of rotatable bonds is 5. The van der Waals surface area contributed by atoms with Crippen LogP contribution >= 0.6 is 0 Å². The quantitative estimate of drug-likeness (QED) is 0.644. The van der Waals surface area contributed by atoms with Crippen molar-refractivity contribution >= 4 is 11.8 Å². The third kappa shape index (κ3) is 6.32. The summed E-state index contributed by atoms with van der Waals surface area (Å²) in [4.78, 5) is 25.3. The van der Waals surface area contributed by atoms with E-state index in [1.54, 1.807) is 12.1 Å². The van der Waals surface area contributed by atoms with Crippen LogP contribution in [-0.2, 0) is 16.0 Å². The van der Waals surface area contributed by atoms with Crippen LogP contribution in [0.2, 0.25) is 0 Å². The second-order valence-corrected chi connectivity index (χ2v) is 9.18. The Morgan fingerprint density at radius 3 is 2.25 bits per heavy atom. The highest BCUT2D eigenvalue weighted by atomic mass is 19.4. The lowest BCUT2D eigenvalue weighted by Gasteiger charge is -2.36. The summed E-state index contributed by atoms with van der Waals surface area (Å²) in [7, 11) is 0. The molecule has 0 aromatic heterocycles. The summed E-state index contributed by atoms with van der Waals surface area (Å²) in [6, 6.07) is 14.2. The molecule has 0 spiro atoms. The smallest absolute Gasteiger partial charge is 0.347 e. The first kappa shape index (κ1) is 23.8. The first-order valence-corrected chi connectivity index (χ1v) is 10.5. The van der Waals surface area contributed by atoms with E-state index in [1.165, 1.54) is 12.1 Å².